The van der Waals surface area contributed by atoms with Gasteiger partial charge in [-0.15, -0.1) is 0 Å². The lowest BCUT2D eigenvalue weighted by atomic mass is 10.1. The fourth-order valence-corrected chi connectivity index (χ4v) is 3.95. The van der Waals surface area contributed by atoms with Crippen LogP contribution in [0.15, 0.2) is 50.8 Å². The number of fused-ring (bicyclic) bond motifs is 1. The fourth-order valence-electron chi connectivity index (χ4n) is 3.59. The van der Waals surface area contributed by atoms with Crippen molar-refractivity contribution < 1.29 is 0 Å². The lowest BCUT2D eigenvalue weighted by molar-refractivity contribution is 0.771. The minimum Gasteiger partial charge on any atom is -0.371 e. The Kier molecular flexibility index (Phi) is 4.83. The summed E-state index contributed by atoms with van der Waals surface area (Å²) in [5.41, 5.74) is 4.00. The van der Waals surface area contributed by atoms with Crippen molar-refractivity contribution in [2.75, 3.05) is 18.0 Å². The van der Waals surface area contributed by atoms with E-state index in [1.165, 1.54) is 28.8 Å². The third-order valence-corrected chi connectivity index (χ3v) is 5.45. The van der Waals surface area contributed by atoms with Crippen LogP contribution in [-0.4, -0.2) is 29.0 Å². The molecule has 0 unspecified atom stereocenters. The van der Waals surface area contributed by atoms with E-state index in [0.29, 0.717) is 16.7 Å². The van der Waals surface area contributed by atoms with E-state index in [9.17, 15) is 4.79 Å². The maximum atomic E-state index is 12.8. The molecule has 1 saturated heterocycles. The van der Waals surface area contributed by atoms with Crippen LogP contribution in [0.3, 0.4) is 0 Å². The minimum atomic E-state index is -0.166. The number of hydrogen-bond acceptors (Lipinski definition) is 4. The highest BCUT2D eigenvalue weighted by Crippen LogP contribution is 2.24. The topological polar surface area (TPSA) is 50.5 Å². The van der Waals surface area contributed by atoms with E-state index < -0.39 is 0 Å². The smallest absolute Gasteiger partial charge is 0.282 e. The van der Waals surface area contributed by atoms with Gasteiger partial charge in [0.25, 0.3) is 5.56 Å². The van der Waals surface area contributed by atoms with Gasteiger partial charge in [0.2, 0.25) is 0 Å². The molecule has 0 amide bonds. The summed E-state index contributed by atoms with van der Waals surface area (Å²) >= 11 is 3.41. The van der Waals surface area contributed by atoms with Crippen LogP contribution in [0.25, 0.3) is 10.9 Å². The molecule has 27 heavy (non-hydrogen) atoms. The van der Waals surface area contributed by atoms with Crippen LogP contribution in [0.1, 0.15) is 29.8 Å². The van der Waals surface area contributed by atoms with E-state index in [1.54, 1.807) is 19.2 Å². The van der Waals surface area contributed by atoms with E-state index in [1.807, 2.05) is 12.1 Å². The standard InChI is InChI=1S/C21H21BrN4O/c1-14-11-16(5-8-20(14)25-9-3-4-10-25)13-23-26-15(2)24-19-7-6-17(22)12-18(19)21(26)27/h5-8,11-13H,3-4,9-10H2,1-2H3. The maximum absolute atomic E-state index is 12.8. The van der Waals surface area contributed by atoms with E-state index in [2.05, 4.69) is 56.0 Å². The molecular formula is C21H21BrN4O. The van der Waals surface area contributed by atoms with Gasteiger partial charge in [-0.2, -0.15) is 9.78 Å². The van der Waals surface area contributed by atoms with Gasteiger partial charge in [0.1, 0.15) is 5.82 Å². The number of hydrogen-bond donors (Lipinski definition) is 0. The number of rotatable bonds is 3. The molecule has 6 heteroatoms. The Balaban J connectivity index is 1.68. The van der Waals surface area contributed by atoms with Crippen molar-refractivity contribution in [2.45, 2.75) is 26.7 Å². The monoisotopic (exact) mass is 424 g/mol. The third-order valence-electron chi connectivity index (χ3n) is 4.96. The molecule has 1 aliphatic heterocycles. The summed E-state index contributed by atoms with van der Waals surface area (Å²) in [6.45, 7) is 6.17. The molecule has 2 heterocycles. The van der Waals surface area contributed by atoms with Crippen molar-refractivity contribution in [1.29, 1.82) is 0 Å². The van der Waals surface area contributed by atoms with Crippen molar-refractivity contribution in [3.63, 3.8) is 0 Å². The van der Waals surface area contributed by atoms with Crippen molar-refractivity contribution in [1.82, 2.24) is 9.66 Å². The molecule has 0 spiro atoms. The van der Waals surface area contributed by atoms with E-state index in [0.717, 1.165) is 23.1 Å². The fraction of sp³-hybridized carbons (Fsp3) is 0.286. The highest BCUT2D eigenvalue weighted by Gasteiger charge is 2.14. The van der Waals surface area contributed by atoms with Gasteiger partial charge in [-0.05, 0) is 68.1 Å². The Labute approximate surface area is 166 Å². The van der Waals surface area contributed by atoms with Crippen molar-refractivity contribution in [3.05, 3.63) is 68.2 Å². The van der Waals surface area contributed by atoms with E-state index in [4.69, 9.17) is 0 Å². The number of aromatic nitrogens is 2. The minimum absolute atomic E-state index is 0.166. The Bertz CT molecular complexity index is 1100. The van der Waals surface area contributed by atoms with Gasteiger partial charge < -0.3 is 4.90 Å². The van der Waals surface area contributed by atoms with Gasteiger partial charge >= 0.3 is 0 Å². The summed E-state index contributed by atoms with van der Waals surface area (Å²) in [5.74, 6) is 0.566. The van der Waals surface area contributed by atoms with Crippen LogP contribution < -0.4 is 10.5 Å². The summed E-state index contributed by atoms with van der Waals surface area (Å²) in [6.07, 6.45) is 4.24. The molecule has 2 aromatic carbocycles. The molecule has 1 aliphatic rings. The molecule has 0 N–H and O–H groups in total. The molecule has 5 nitrogen and oxygen atoms in total. The van der Waals surface area contributed by atoms with Gasteiger partial charge in [0.15, 0.2) is 0 Å². The van der Waals surface area contributed by atoms with Crippen LogP contribution in [0.2, 0.25) is 0 Å². The molecule has 0 radical (unpaired) electrons. The molecule has 0 bridgehead atoms. The second-order valence-electron chi connectivity index (χ2n) is 6.92. The zero-order valence-corrected chi connectivity index (χ0v) is 17.0. The number of halogens is 1. The predicted molar refractivity (Wildman–Crippen MR) is 114 cm³/mol. The summed E-state index contributed by atoms with van der Waals surface area (Å²) < 4.78 is 2.21. The number of nitrogens with zero attached hydrogens (tertiary/aromatic N) is 4. The summed E-state index contributed by atoms with van der Waals surface area (Å²) in [6, 6.07) is 11.8. The Hall–Kier alpha value is -2.47. The van der Waals surface area contributed by atoms with Crippen LogP contribution in [-0.2, 0) is 0 Å². The van der Waals surface area contributed by atoms with Gasteiger partial charge in [0.05, 0.1) is 17.1 Å². The second-order valence-corrected chi connectivity index (χ2v) is 7.84. The average Bonchev–Trinajstić information content (AvgIpc) is 3.17. The highest BCUT2D eigenvalue weighted by molar-refractivity contribution is 9.10. The van der Waals surface area contributed by atoms with Gasteiger partial charge in [-0.1, -0.05) is 22.0 Å². The van der Waals surface area contributed by atoms with Gasteiger partial charge in [-0.25, -0.2) is 4.98 Å². The highest BCUT2D eigenvalue weighted by atomic mass is 79.9. The first-order valence-electron chi connectivity index (χ1n) is 9.12. The largest absolute Gasteiger partial charge is 0.371 e. The predicted octanol–water partition coefficient (Wildman–Crippen LogP) is 4.26. The summed E-state index contributed by atoms with van der Waals surface area (Å²) in [5, 5.41) is 4.96. The lowest BCUT2D eigenvalue weighted by Gasteiger charge is -2.20. The van der Waals surface area contributed by atoms with E-state index in [-0.39, 0.29) is 5.56 Å². The normalized spacial score (nSPS) is 14.6. The molecule has 3 aromatic rings. The first-order valence-corrected chi connectivity index (χ1v) is 9.91. The first kappa shape index (κ1) is 17.9. The Morgan fingerprint density at radius 3 is 2.63 bits per heavy atom. The second kappa shape index (κ2) is 7.27. The van der Waals surface area contributed by atoms with Gasteiger partial charge in [-0.3, -0.25) is 4.79 Å². The number of benzene rings is 2. The van der Waals surface area contributed by atoms with Crippen LogP contribution in [0.4, 0.5) is 5.69 Å². The van der Waals surface area contributed by atoms with Crippen molar-refractivity contribution in [3.8, 4) is 0 Å². The third kappa shape index (κ3) is 3.54. The van der Waals surface area contributed by atoms with Crippen LogP contribution in [0.5, 0.6) is 0 Å². The SMILES string of the molecule is Cc1cc(C=Nn2c(C)nc3ccc(Br)cc3c2=O)ccc1N1CCCC1. The molecule has 1 aromatic heterocycles. The lowest BCUT2D eigenvalue weighted by Crippen LogP contribution is -2.20. The zero-order chi connectivity index (χ0) is 19.0. The average molecular weight is 425 g/mol. The van der Waals surface area contributed by atoms with Crippen LogP contribution >= 0.6 is 15.9 Å². The molecule has 0 aliphatic carbocycles. The van der Waals surface area contributed by atoms with Crippen LogP contribution in [0, 0.1) is 13.8 Å². The first-order chi connectivity index (χ1) is 13.0. The molecule has 0 atom stereocenters. The molecule has 1 fully saturated rings. The molecule has 4 rings (SSSR count). The van der Waals surface area contributed by atoms with Gasteiger partial charge in [0, 0.05) is 23.2 Å². The van der Waals surface area contributed by atoms with Crippen molar-refractivity contribution >= 4 is 38.7 Å². The maximum Gasteiger partial charge on any atom is 0.282 e. The quantitative estimate of drug-likeness (QED) is 0.590. The molecular weight excluding hydrogens is 404 g/mol. The van der Waals surface area contributed by atoms with E-state index >= 15 is 0 Å². The molecule has 0 saturated carbocycles. The summed E-state index contributed by atoms with van der Waals surface area (Å²) in [4.78, 5) is 19.7. The zero-order valence-electron chi connectivity index (χ0n) is 15.4. The Morgan fingerprint density at radius 1 is 1.11 bits per heavy atom. The number of anilines is 1. The number of aryl methyl sites for hydroxylation is 2. The van der Waals surface area contributed by atoms with Crippen molar-refractivity contribution in [2.24, 2.45) is 5.10 Å². The summed E-state index contributed by atoms with van der Waals surface area (Å²) in [7, 11) is 0. The Morgan fingerprint density at radius 2 is 1.89 bits per heavy atom. The molecule has 138 valence electrons.